The monoisotopic (exact) mass is 330 g/mol. The van der Waals surface area contributed by atoms with E-state index in [1.807, 2.05) is 30.3 Å². The maximum absolute atomic E-state index is 12.2. The molecule has 0 radical (unpaired) electrons. The summed E-state index contributed by atoms with van der Waals surface area (Å²) in [5.41, 5.74) is 0.126. The highest BCUT2D eigenvalue weighted by atomic mass is 16.8. The Bertz CT molecular complexity index is 1330. The van der Waals surface area contributed by atoms with Crippen molar-refractivity contribution >= 4 is 32.5 Å². The van der Waals surface area contributed by atoms with Gasteiger partial charge in [-0.2, -0.15) is 0 Å². The van der Waals surface area contributed by atoms with Gasteiger partial charge in [0.15, 0.2) is 16.9 Å². The molecule has 120 valence electrons. The summed E-state index contributed by atoms with van der Waals surface area (Å²) in [7, 11) is 0. The second-order valence-electron chi connectivity index (χ2n) is 6.83. The van der Waals surface area contributed by atoms with Crippen molar-refractivity contribution in [3.63, 3.8) is 0 Å². The SMILES string of the molecule is O=c1cccc2cc3ccc4c5c6c(oc4c3cc12)C1(CO1)C(O6)O5. The van der Waals surface area contributed by atoms with Crippen molar-refractivity contribution in [2.45, 2.75) is 11.9 Å². The Hall–Kier alpha value is -3.05. The summed E-state index contributed by atoms with van der Waals surface area (Å²) in [6.07, 6.45) is -0.443. The smallest absolute Gasteiger partial charge is 0.280 e. The van der Waals surface area contributed by atoms with Crippen LogP contribution in [-0.4, -0.2) is 12.9 Å². The van der Waals surface area contributed by atoms with E-state index in [2.05, 4.69) is 0 Å². The van der Waals surface area contributed by atoms with Crippen LogP contribution < -0.4 is 14.9 Å². The van der Waals surface area contributed by atoms with E-state index in [9.17, 15) is 4.79 Å². The third kappa shape index (κ3) is 1.27. The van der Waals surface area contributed by atoms with E-state index in [-0.39, 0.29) is 5.43 Å². The van der Waals surface area contributed by atoms with Gasteiger partial charge >= 0.3 is 0 Å². The number of hydrogen-bond acceptors (Lipinski definition) is 5. The fraction of sp³-hybridized carbons (Fsp3) is 0.150. The molecule has 1 aromatic heterocycles. The Balaban J connectivity index is 1.69. The molecule has 3 aliphatic rings. The van der Waals surface area contributed by atoms with Crippen LogP contribution in [0.25, 0.3) is 32.5 Å². The van der Waals surface area contributed by atoms with Gasteiger partial charge in [0.2, 0.25) is 11.4 Å². The average Bonchev–Trinajstić information content (AvgIpc) is 3.20. The lowest BCUT2D eigenvalue weighted by atomic mass is 9.99. The maximum atomic E-state index is 12.2. The molecule has 0 amide bonds. The van der Waals surface area contributed by atoms with Gasteiger partial charge in [-0.25, -0.2) is 0 Å². The van der Waals surface area contributed by atoms with Gasteiger partial charge in [0.05, 0.1) is 12.0 Å². The van der Waals surface area contributed by atoms with Crippen molar-refractivity contribution < 1.29 is 18.6 Å². The molecular weight excluding hydrogens is 320 g/mol. The van der Waals surface area contributed by atoms with Crippen LogP contribution in [-0.2, 0) is 10.3 Å². The molecule has 3 aliphatic heterocycles. The molecule has 0 N–H and O–H groups in total. The lowest BCUT2D eigenvalue weighted by Gasteiger charge is -2.17. The van der Waals surface area contributed by atoms with Crippen molar-refractivity contribution in [1.82, 2.24) is 0 Å². The van der Waals surface area contributed by atoms with E-state index in [1.165, 1.54) is 0 Å². The summed E-state index contributed by atoms with van der Waals surface area (Å²) < 4.78 is 23.6. The molecule has 2 atom stereocenters. The second kappa shape index (κ2) is 3.63. The third-order valence-electron chi connectivity index (χ3n) is 5.46. The Morgan fingerprint density at radius 3 is 2.64 bits per heavy atom. The van der Waals surface area contributed by atoms with Crippen LogP contribution in [0.2, 0.25) is 0 Å². The number of hydrogen-bond donors (Lipinski definition) is 0. The Morgan fingerprint density at radius 1 is 0.920 bits per heavy atom. The fourth-order valence-corrected chi connectivity index (χ4v) is 4.09. The fourth-order valence-electron chi connectivity index (χ4n) is 4.09. The van der Waals surface area contributed by atoms with Crippen LogP contribution in [0.1, 0.15) is 5.76 Å². The van der Waals surface area contributed by atoms with Crippen molar-refractivity contribution in [2.75, 3.05) is 6.61 Å². The minimum Gasteiger partial charge on any atom is -0.453 e. The summed E-state index contributed by atoms with van der Waals surface area (Å²) in [5.74, 6) is 2.06. The zero-order valence-electron chi connectivity index (χ0n) is 12.9. The normalized spacial score (nSPS) is 25.0. The van der Waals surface area contributed by atoms with E-state index in [4.69, 9.17) is 18.6 Å². The van der Waals surface area contributed by atoms with Gasteiger partial charge in [0.1, 0.15) is 5.58 Å². The van der Waals surface area contributed by atoms with E-state index >= 15 is 0 Å². The molecule has 5 heteroatoms. The highest BCUT2D eigenvalue weighted by molar-refractivity contribution is 6.11. The highest BCUT2D eigenvalue weighted by Crippen LogP contribution is 2.62. The molecule has 4 aromatic rings. The van der Waals surface area contributed by atoms with Gasteiger partial charge in [0.25, 0.3) is 6.29 Å². The summed E-state index contributed by atoms with van der Waals surface area (Å²) >= 11 is 0. The lowest BCUT2D eigenvalue weighted by molar-refractivity contribution is -0.0105. The first-order chi connectivity index (χ1) is 12.2. The van der Waals surface area contributed by atoms with Crippen LogP contribution in [0.5, 0.6) is 11.5 Å². The largest absolute Gasteiger partial charge is 0.453 e. The van der Waals surface area contributed by atoms with Crippen molar-refractivity contribution in [3.05, 3.63) is 58.4 Å². The first-order valence-corrected chi connectivity index (χ1v) is 8.19. The van der Waals surface area contributed by atoms with Crippen LogP contribution >= 0.6 is 0 Å². The Labute approximate surface area is 140 Å². The predicted octanol–water partition coefficient (Wildman–Crippen LogP) is 3.44. The summed E-state index contributed by atoms with van der Waals surface area (Å²) in [5, 5.41) is 4.37. The Morgan fingerprint density at radius 2 is 1.76 bits per heavy atom. The highest BCUT2D eigenvalue weighted by Gasteiger charge is 2.69. The quantitative estimate of drug-likeness (QED) is 0.281. The van der Waals surface area contributed by atoms with Crippen LogP contribution in [0.4, 0.5) is 0 Å². The summed E-state index contributed by atoms with van der Waals surface area (Å²) in [4.78, 5) is 12.2. The van der Waals surface area contributed by atoms with E-state index in [0.29, 0.717) is 34.8 Å². The number of rotatable bonds is 0. The molecular formula is C20H10O5. The zero-order chi connectivity index (χ0) is 16.3. The van der Waals surface area contributed by atoms with E-state index < -0.39 is 11.9 Å². The van der Waals surface area contributed by atoms with E-state index in [1.54, 1.807) is 12.1 Å². The number of epoxide rings is 1. The molecule has 1 spiro atoms. The van der Waals surface area contributed by atoms with Crippen LogP contribution in [0, 0.1) is 0 Å². The number of fused-ring (bicyclic) bond motifs is 8. The van der Waals surface area contributed by atoms with Crippen LogP contribution in [0.15, 0.2) is 51.7 Å². The molecule has 2 bridgehead atoms. The molecule has 7 rings (SSSR count). The number of ether oxygens (including phenoxy) is 3. The van der Waals surface area contributed by atoms with Gasteiger partial charge in [-0.3, -0.25) is 4.79 Å². The molecule has 5 nitrogen and oxygen atoms in total. The first kappa shape index (κ1) is 12.3. The van der Waals surface area contributed by atoms with E-state index in [0.717, 1.165) is 21.5 Å². The predicted molar refractivity (Wildman–Crippen MR) is 90.2 cm³/mol. The topological polar surface area (TPSA) is 61.2 Å². The molecule has 25 heavy (non-hydrogen) atoms. The first-order valence-electron chi connectivity index (χ1n) is 8.19. The minimum absolute atomic E-state index is 0.00604. The molecule has 3 aromatic carbocycles. The van der Waals surface area contributed by atoms with Gasteiger partial charge in [-0.15, -0.1) is 0 Å². The van der Waals surface area contributed by atoms with Crippen molar-refractivity contribution in [1.29, 1.82) is 0 Å². The summed E-state index contributed by atoms with van der Waals surface area (Å²) in [6, 6.07) is 13.2. The maximum Gasteiger partial charge on any atom is 0.280 e. The zero-order valence-corrected chi connectivity index (χ0v) is 12.9. The minimum atomic E-state index is -0.584. The average molecular weight is 330 g/mol. The molecule has 1 fully saturated rings. The standard InChI is InChI=1S/C20H10O5/c21-14-3-1-2-9-6-10-4-5-11-15(13(10)7-12(9)14)23-18-17-16(11)24-19(25-17)20(18)8-22-20/h1-7,19H,8H2. The molecule has 4 heterocycles. The lowest BCUT2D eigenvalue weighted by Crippen LogP contribution is -2.31. The molecule has 0 saturated carbocycles. The number of benzene rings is 3. The van der Waals surface area contributed by atoms with Gasteiger partial charge in [-0.05, 0) is 35.0 Å². The molecule has 0 aliphatic carbocycles. The van der Waals surface area contributed by atoms with Gasteiger partial charge in [0, 0.05) is 10.8 Å². The third-order valence-corrected chi connectivity index (χ3v) is 5.46. The van der Waals surface area contributed by atoms with Gasteiger partial charge in [-0.1, -0.05) is 18.2 Å². The van der Waals surface area contributed by atoms with Gasteiger partial charge < -0.3 is 18.6 Å². The van der Waals surface area contributed by atoms with Crippen molar-refractivity contribution in [2.24, 2.45) is 0 Å². The molecule has 2 unspecified atom stereocenters. The van der Waals surface area contributed by atoms with Crippen molar-refractivity contribution in [3.8, 4) is 11.5 Å². The van der Waals surface area contributed by atoms with Crippen LogP contribution in [0.3, 0.4) is 0 Å². The summed E-state index contributed by atoms with van der Waals surface area (Å²) in [6.45, 7) is 0.539. The molecule has 1 saturated heterocycles. The Kier molecular flexibility index (Phi) is 1.79. The second-order valence-corrected chi connectivity index (χ2v) is 6.83.